The molecule has 0 saturated heterocycles. The average Bonchev–Trinajstić information content (AvgIpc) is 3.50. The van der Waals surface area contributed by atoms with Crippen molar-refractivity contribution in [3.63, 3.8) is 0 Å². The van der Waals surface area contributed by atoms with E-state index in [0.29, 0.717) is 5.92 Å². The molecule has 0 bridgehead atoms. The normalized spacial score (nSPS) is 12.6. The number of rotatable bonds is 1. The standard InChI is InChI=1S/C16H13.C9H13.2C6H5.2ClH.Si.Zr/c1-12-10-14-8-5-9-15(16(14)11-12)13-6-3-2-4-7-13;1-6-5-7(2)9(4)8(6)3;2*1-2-4-6-5-3-1;;;;/h2-11H,1H3;6H,1-4H3;2*1-5H;2*1H;;/q4*-1;;;;. The van der Waals surface area contributed by atoms with E-state index in [9.17, 15) is 0 Å². The summed E-state index contributed by atoms with van der Waals surface area (Å²) < 4.78 is 0. The Morgan fingerprint density at radius 3 is 1.56 bits per heavy atom. The molecule has 5 aromatic carbocycles. The molecule has 0 amide bonds. The van der Waals surface area contributed by atoms with Crippen molar-refractivity contribution < 1.29 is 23.3 Å². The summed E-state index contributed by atoms with van der Waals surface area (Å²) in [5, 5.41) is 2.69. The van der Waals surface area contributed by atoms with Crippen LogP contribution in [0.4, 0.5) is 0 Å². The molecule has 0 aromatic heterocycles. The summed E-state index contributed by atoms with van der Waals surface area (Å²) in [7, 11) is 0. The van der Waals surface area contributed by atoms with E-state index in [1.807, 2.05) is 60.7 Å². The van der Waals surface area contributed by atoms with Crippen molar-refractivity contribution in [2.75, 3.05) is 0 Å². The van der Waals surface area contributed by atoms with Gasteiger partial charge in [0.2, 0.25) is 0 Å². The van der Waals surface area contributed by atoms with Gasteiger partial charge in [-0.3, -0.25) is 6.08 Å². The van der Waals surface area contributed by atoms with Crippen molar-refractivity contribution in [3.05, 3.63) is 162 Å². The number of allylic oxidation sites excluding steroid dienone is 4. The number of hydrogen-bond donors (Lipinski definition) is 0. The van der Waals surface area contributed by atoms with Gasteiger partial charge in [0.15, 0.2) is 0 Å². The molecule has 0 aliphatic heterocycles. The van der Waals surface area contributed by atoms with Gasteiger partial charge >= 0.3 is 30.2 Å². The fourth-order valence-corrected chi connectivity index (χ4v) is 4.10. The van der Waals surface area contributed by atoms with Gasteiger partial charge in [-0.15, -0.1) is 66.3 Å². The Bertz CT molecular complexity index is 1340. The predicted octanol–water partition coefficient (Wildman–Crippen LogP) is 10.7. The van der Waals surface area contributed by atoms with Crippen LogP contribution in [0.5, 0.6) is 0 Å². The minimum atomic E-state index is 0. The minimum Gasteiger partial charge on any atom is -0.184 e. The largest absolute Gasteiger partial charge is 0.184 e. The van der Waals surface area contributed by atoms with Crippen molar-refractivity contribution in [1.29, 1.82) is 0 Å². The third-order valence-electron chi connectivity index (χ3n) is 6.43. The number of aryl methyl sites for hydroxylation is 1. The molecule has 1 aliphatic carbocycles. The second-order valence-corrected chi connectivity index (χ2v) is 9.16. The Morgan fingerprint density at radius 2 is 1.20 bits per heavy atom. The molecular weight excluding hydrogens is 635 g/mol. The molecule has 212 valence electrons. The fraction of sp³-hybridized carbons (Fsp3) is 0.162. The van der Waals surface area contributed by atoms with Crippen molar-refractivity contribution in [2.24, 2.45) is 5.92 Å². The van der Waals surface area contributed by atoms with Gasteiger partial charge in [-0.25, -0.2) is 5.57 Å². The first-order valence-corrected chi connectivity index (χ1v) is 17.2. The maximum absolute atomic E-state index is 3.36. The van der Waals surface area contributed by atoms with E-state index in [-0.39, 0.29) is 24.8 Å². The van der Waals surface area contributed by atoms with Crippen LogP contribution in [0.15, 0.2) is 138 Å². The van der Waals surface area contributed by atoms with E-state index in [2.05, 4.69) is 120 Å². The van der Waals surface area contributed by atoms with Crippen LogP contribution >= 0.6 is 24.8 Å². The predicted molar refractivity (Wildman–Crippen MR) is 180 cm³/mol. The molecule has 0 N–H and O–H groups in total. The molecule has 1 aliphatic rings. The summed E-state index contributed by atoms with van der Waals surface area (Å²) in [5.41, 5.74) is 8.19. The van der Waals surface area contributed by atoms with Gasteiger partial charge in [-0.1, -0.05) is 75.6 Å². The van der Waals surface area contributed by atoms with Crippen LogP contribution in [-0.4, -0.2) is 6.88 Å². The van der Waals surface area contributed by atoms with Crippen LogP contribution in [0.3, 0.4) is 0 Å². The Hall–Kier alpha value is -2.35. The van der Waals surface area contributed by atoms with Gasteiger partial charge in [-0.05, 0) is 5.56 Å². The summed E-state index contributed by atoms with van der Waals surface area (Å²) in [6.45, 7) is 13.9. The molecule has 1 atom stereocenters. The van der Waals surface area contributed by atoms with E-state index < -0.39 is 0 Å². The van der Waals surface area contributed by atoms with Crippen LogP contribution in [0, 0.1) is 31.1 Å². The van der Waals surface area contributed by atoms with Gasteiger partial charge in [0, 0.05) is 0 Å². The number of fused-ring (bicyclic) bond motifs is 1. The quantitative estimate of drug-likeness (QED) is 0.123. The van der Waals surface area contributed by atoms with Crippen molar-refractivity contribution in [3.8, 4) is 11.1 Å². The van der Waals surface area contributed by atoms with Gasteiger partial charge in [0.05, 0.1) is 0 Å². The van der Waals surface area contributed by atoms with Gasteiger partial charge in [-0.2, -0.15) is 90.0 Å². The van der Waals surface area contributed by atoms with E-state index in [0.717, 1.165) is 0 Å². The molecule has 0 fully saturated rings. The third-order valence-corrected chi connectivity index (χ3v) is 6.43. The van der Waals surface area contributed by atoms with Gasteiger partial charge < -0.3 is 0 Å². The van der Waals surface area contributed by atoms with Crippen molar-refractivity contribution in [2.45, 2.75) is 34.6 Å². The van der Waals surface area contributed by atoms with Crippen LogP contribution in [-0.2, 0) is 23.3 Å². The summed E-state index contributed by atoms with van der Waals surface area (Å²) in [6, 6.07) is 46.6. The Balaban J connectivity index is 0.000000548. The molecule has 0 spiro atoms. The van der Waals surface area contributed by atoms with Crippen LogP contribution in [0.25, 0.3) is 21.9 Å². The summed E-state index contributed by atoms with van der Waals surface area (Å²) >= 11 is 1.36. The Kier molecular flexibility index (Phi) is 21.0. The molecule has 2 radical (unpaired) electrons. The van der Waals surface area contributed by atoms with E-state index in [1.54, 1.807) is 0 Å². The zero-order valence-electron chi connectivity index (χ0n) is 24.4. The second kappa shape index (κ2) is 22.3. The molecule has 41 heavy (non-hydrogen) atoms. The topological polar surface area (TPSA) is 0 Å². The molecular formula is C37H38Cl2SiZr-4. The number of hydrogen-bond acceptors (Lipinski definition) is 0. The zero-order chi connectivity index (χ0) is 28.5. The molecule has 6 rings (SSSR count). The van der Waals surface area contributed by atoms with E-state index >= 15 is 0 Å². The maximum atomic E-state index is 3.36. The first-order valence-electron chi connectivity index (χ1n) is 13.0. The summed E-state index contributed by atoms with van der Waals surface area (Å²) in [6.07, 6.45) is 3.36. The number of benzene rings is 4. The molecule has 0 nitrogen and oxygen atoms in total. The van der Waals surface area contributed by atoms with Gasteiger partial charge in [0.1, 0.15) is 0 Å². The first-order chi connectivity index (χ1) is 19.0. The van der Waals surface area contributed by atoms with Crippen LogP contribution < -0.4 is 0 Å². The van der Waals surface area contributed by atoms with Crippen molar-refractivity contribution in [1.82, 2.24) is 0 Å². The smallest absolute Gasteiger partial charge is 0.171 e. The molecule has 1 unspecified atom stereocenters. The Labute approximate surface area is 277 Å². The summed E-state index contributed by atoms with van der Waals surface area (Å²) in [4.78, 5) is 0. The number of halogens is 2. The van der Waals surface area contributed by atoms with Crippen LogP contribution in [0.1, 0.15) is 33.3 Å². The monoisotopic (exact) mass is 670 g/mol. The molecule has 0 heterocycles. The average molecular weight is 673 g/mol. The fourth-order valence-electron chi connectivity index (χ4n) is 4.10. The van der Waals surface area contributed by atoms with Crippen molar-refractivity contribution >= 4 is 42.5 Å². The molecule has 0 saturated carbocycles. The minimum absolute atomic E-state index is 0. The van der Waals surface area contributed by atoms with E-state index in [4.69, 9.17) is 0 Å². The SMILES string of the molecule is CC1=[C-]C(C)C(C)=C1C.Cc1cc2c(-c3ccccc3)cccc2[cH-]1.Cl.Cl.[Si]=[Zr].[c-]1ccccc1.[c-]1ccccc1. The maximum Gasteiger partial charge on any atom is -0.171 e. The third kappa shape index (κ3) is 13.4. The second-order valence-electron chi connectivity index (χ2n) is 9.16. The summed E-state index contributed by atoms with van der Waals surface area (Å²) in [5.74, 6) is 0.560. The Morgan fingerprint density at radius 1 is 0.683 bits per heavy atom. The first kappa shape index (κ1) is 38.6. The molecule has 5 aromatic rings. The van der Waals surface area contributed by atoms with Gasteiger partial charge in [0.25, 0.3) is 0 Å². The van der Waals surface area contributed by atoms with E-state index in [1.165, 1.54) is 67.5 Å². The molecule has 4 heteroatoms. The van der Waals surface area contributed by atoms with Crippen LogP contribution in [0.2, 0.25) is 0 Å². The zero-order valence-corrected chi connectivity index (χ0v) is 29.5.